The number of nitrogens with zero attached hydrogens (tertiary/aromatic N) is 5. The molecule has 2 atom stereocenters. The minimum absolute atomic E-state index is 0.0338. The van der Waals surface area contributed by atoms with Crippen LogP contribution in [0.2, 0.25) is 0 Å². The Kier molecular flexibility index (Phi) is 3.70. The van der Waals surface area contributed by atoms with Crippen molar-refractivity contribution in [2.75, 3.05) is 13.1 Å². The average molecular weight is 323 g/mol. The standard InChI is InChI=1S/C17H17N5O2/c23-15-10-21(8-14(15)7-12-3-5-18-6-4-12)17(24)13-1-2-16-19-11-20-22(16)9-13/h1-6,9,11,14-15,23H,7-8,10H2/t14-,15-/m1/s1. The molecule has 7 nitrogen and oxygen atoms in total. The van der Waals surface area contributed by atoms with E-state index in [2.05, 4.69) is 15.1 Å². The predicted molar refractivity (Wildman–Crippen MR) is 86.3 cm³/mol. The van der Waals surface area contributed by atoms with Crippen LogP contribution in [0.3, 0.4) is 0 Å². The molecule has 4 heterocycles. The third kappa shape index (κ3) is 2.74. The first-order valence-corrected chi connectivity index (χ1v) is 7.86. The summed E-state index contributed by atoms with van der Waals surface area (Å²) in [6.07, 6.45) is 6.83. The number of carbonyl (C=O) groups is 1. The van der Waals surface area contributed by atoms with Crippen LogP contribution in [0.1, 0.15) is 15.9 Å². The Morgan fingerprint density at radius 1 is 1.21 bits per heavy atom. The highest BCUT2D eigenvalue weighted by Crippen LogP contribution is 2.23. The summed E-state index contributed by atoms with van der Waals surface area (Å²) in [6, 6.07) is 7.39. The molecule has 4 rings (SSSR count). The molecule has 1 amide bonds. The molecule has 1 N–H and O–H groups in total. The highest BCUT2D eigenvalue weighted by molar-refractivity contribution is 5.94. The van der Waals surface area contributed by atoms with E-state index < -0.39 is 6.10 Å². The zero-order valence-electron chi connectivity index (χ0n) is 13.0. The Labute approximate surface area is 138 Å². The molecule has 24 heavy (non-hydrogen) atoms. The van der Waals surface area contributed by atoms with Gasteiger partial charge >= 0.3 is 0 Å². The number of amides is 1. The van der Waals surface area contributed by atoms with E-state index in [0.717, 1.165) is 12.0 Å². The van der Waals surface area contributed by atoms with Crippen LogP contribution in [0.5, 0.6) is 0 Å². The lowest BCUT2D eigenvalue weighted by molar-refractivity contribution is 0.0764. The molecule has 0 saturated carbocycles. The molecule has 1 aliphatic rings. The van der Waals surface area contributed by atoms with Crippen LogP contribution in [-0.4, -0.2) is 54.7 Å². The summed E-state index contributed by atoms with van der Waals surface area (Å²) < 4.78 is 1.58. The first kappa shape index (κ1) is 14.8. The summed E-state index contributed by atoms with van der Waals surface area (Å²) in [4.78, 5) is 22.5. The van der Waals surface area contributed by atoms with Crippen molar-refractivity contribution in [3.8, 4) is 0 Å². The number of aliphatic hydroxyl groups excluding tert-OH is 1. The highest BCUT2D eigenvalue weighted by atomic mass is 16.3. The molecule has 1 fully saturated rings. The smallest absolute Gasteiger partial charge is 0.255 e. The number of carbonyl (C=O) groups excluding carboxylic acids is 1. The first-order valence-electron chi connectivity index (χ1n) is 7.86. The number of pyridine rings is 2. The Bertz CT molecular complexity index is 864. The highest BCUT2D eigenvalue weighted by Gasteiger charge is 2.34. The number of hydrogen-bond acceptors (Lipinski definition) is 5. The van der Waals surface area contributed by atoms with Gasteiger partial charge in [-0.05, 0) is 36.2 Å². The van der Waals surface area contributed by atoms with E-state index in [0.29, 0.717) is 24.3 Å². The lowest BCUT2D eigenvalue weighted by Crippen LogP contribution is -2.29. The number of hydrogen-bond donors (Lipinski definition) is 1. The summed E-state index contributed by atoms with van der Waals surface area (Å²) >= 11 is 0. The van der Waals surface area contributed by atoms with Crippen LogP contribution >= 0.6 is 0 Å². The van der Waals surface area contributed by atoms with Crippen molar-refractivity contribution < 1.29 is 9.90 Å². The number of likely N-dealkylation sites (tertiary alicyclic amines) is 1. The van der Waals surface area contributed by atoms with E-state index in [1.165, 1.54) is 6.33 Å². The maximum absolute atomic E-state index is 12.7. The number of aliphatic hydroxyl groups is 1. The molecule has 122 valence electrons. The Hall–Kier alpha value is -2.80. The molecule has 7 heteroatoms. The molecule has 0 aliphatic carbocycles. The van der Waals surface area contributed by atoms with E-state index in [1.54, 1.807) is 40.1 Å². The van der Waals surface area contributed by atoms with Gasteiger partial charge in [-0.25, -0.2) is 9.50 Å². The monoisotopic (exact) mass is 323 g/mol. The largest absolute Gasteiger partial charge is 0.391 e. The molecular formula is C17H17N5O2. The van der Waals surface area contributed by atoms with E-state index in [-0.39, 0.29) is 11.8 Å². The van der Waals surface area contributed by atoms with Crippen molar-refractivity contribution in [3.63, 3.8) is 0 Å². The second-order valence-electron chi connectivity index (χ2n) is 6.08. The van der Waals surface area contributed by atoms with Gasteiger partial charge in [0.05, 0.1) is 11.7 Å². The number of fused-ring (bicyclic) bond motifs is 1. The van der Waals surface area contributed by atoms with E-state index in [1.807, 2.05) is 12.1 Å². The zero-order chi connectivity index (χ0) is 16.5. The number of aromatic nitrogens is 4. The second-order valence-corrected chi connectivity index (χ2v) is 6.08. The van der Waals surface area contributed by atoms with Crippen LogP contribution in [0.4, 0.5) is 0 Å². The first-order chi connectivity index (χ1) is 11.7. The third-order valence-corrected chi connectivity index (χ3v) is 4.46. The number of rotatable bonds is 3. The Morgan fingerprint density at radius 2 is 2.04 bits per heavy atom. The molecule has 0 unspecified atom stereocenters. The van der Waals surface area contributed by atoms with Crippen molar-refractivity contribution >= 4 is 11.6 Å². The molecule has 0 bridgehead atoms. The summed E-state index contributed by atoms with van der Waals surface area (Å²) in [5, 5.41) is 14.4. The minimum Gasteiger partial charge on any atom is -0.391 e. The lowest BCUT2D eigenvalue weighted by atomic mass is 9.97. The van der Waals surface area contributed by atoms with E-state index in [9.17, 15) is 9.90 Å². The van der Waals surface area contributed by atoms with Crippen LogP contribution in [0, 0.1) is 5.92 Å². The minimum atomic E-state index is -0.516. The topological polar surface area (TPSA) is 83.6 Å². The van der Waals surface area contributed by atoms with Crippen LogP contribution < -0.4 is 0 Å². The molecule has 0 radical (unpaired) electrons. The molecular weight excluding hydrogens is 306 g/mol. The molecule has 0 spiro atoms. The average Bonchev–Trinajstić information content (AvgIpc) is 3.21. The van der Waals surface area contributed by atoms with Gasteiger partial charge in [-0.2, -0.15) is 5.10 Å². The van der Waals surface area contributed by atoms with Gasteiger partial charge in [0.15, 0.2) is 5.65 Å². The van der Waals surface area contributed by atoms with Gasteiger partial charge in [0.1, 0.15) is 6.33 Å². The fourth-order valence-corrected chi connectivity index (χ4v) is 3.17. The lowest BCUT2D eigenvalue weighted by Gasteiger charge is -2.16. The van der Waals surface area contributed by atoms with Crippen LogP contribution in [0.25, 0.3) is 5.65 Å². The predicted octanol–water partition coefficient (Wildman–Crippen LogP) is 0.800. The fourth-order valence-electron chi connectivity index (χ4n) is 3.17. The summed E-state index contributed by atoms with van der Waals surface area (Å²) in [7, 11) is 0. The van der Waals surface area contributed by atoms with Gasteiger partial charge in [-0.1, -0.05) is 0 Å². The van der Waals surface area contributed by atoms with Crippen molar-refractivity contribution in [1.82, 2.24) is 24.5 Å². The maximum atomic E-state index is 12.7. The fraction of sp³-hybridized carbons (Fsp3) is 0.294. The second kappa shape index (κ2) is 6.01. The van der Waals surface area contributed by atoms with Gasteiger partial charge < -0.3 is 10.0 Å². The normalized spacial score (nSPS) is 20.6. The SMILES string of the molecule is O=C(c1ccc2ncnn2c1)N1C[C@@H](Cc2ccncc2)[C@H](O)C1. The quantitative estimate of drug-likeness (QED) is 0.771. The van der Waals surface area contributed by atoms with Gasteiger partial charge in [-0.3, -0.25) is 9.78 Å². The summed E-state index contributed by atoms with van der Waals surface area (Å²) in [6.45, 7) is 0.891. The van der Waals surface area contributed by atoms with Crippen LogP contribution in [0.15, 0.2) is 49.2 Å². The maximum Gasteiger partial charge on any atom is 0.255 e. The summed E-state index contributed by atoms with van der Waals surface area (Å²) in [5.74, 6) is -0.0601. The van der Waals surface area contributed by atoms with Gasteiger partial charge in [0.2, 0.25) is 0 Å². The van der Waals surface area contributed by atoms with E-state index >= 15 is 0 Å². The van der Waals surface area contributed by atoms with E-state index in [4.69, 9.17) is 0 Å². The van der Waals surface area contributed by atoms with Crippen molar-refractivity contribution in [2.45, 2.75) is 12.5 Å². The van der Waals surface area contributed by atoms with Gasteiger partial charge in [0, 0.05) is 37.6 Å². The Morgan fingerprint density at radius 3 is 2.88 bits per heavy atom. The number of β-amino-alcohol motifs (C(OH)–C–C–N with tert-alkyl or cyclic N) is 1. The Balaban J connectivity index is 1.49. The molecule has 0 aromatic carbocycles. The molecule has 1 saturated heterocycles. The molecule has 1 aliphatic heterocycles. The third-order valence-electron chi connectivity index (χ3n) is 4.46. The van der Waals surface area contributed by atoms with Crippen molar-refractivity contribution in [2.24, 2.45) is 5.92 Å². The van der Waals surface area contributed by atoms with Crippen molar-refractivity contribution in [3.05, 3.63) is 60.3 Å². The molecule has 3 aromatic rings. The van der Waals surface area contributed by atoms with Gasteiger partial charge in [0.25, 0.3) is 5.91 Å². The van der Waals surface area contributed by atoms with Gasteiger partial charge in [-0.15, -0.1) is 0 Å². The molecule has 3 aromatic heterocycles. The zero-order valence-corrected chi connectivity index (χ0v) is 13.0. The summed E-state index contributed by atoms with van der Waals surface area (Å²) in [5.41, 5.74) is 2.36. The van der Waals surface area contributed by atoms with Crippen molar-refractivity contribution in [1.29, 1.82) is 0 Å². The van der Waals surface area contributed by atoms with Crippen LogP contribution in [-0.2, 0) is 6.42 Å².